The Morgan fingerprint density at radius 3 is 2.33 bits per heavy atom. The van der Waals surface area contributed by atoms with E-state index in [0.29, 0.717) is 5.75 Å². The Morgan fingerprint density at radius 1 is 1.33 bits per heavy atom. The van der Waals surface area contributed by atoms with Gasteiger partial charge in [0.05, 0.1) is 7.11 Å². The average Bonchev–Trinajstić information content (AvgIpc) is 3.28. The molecule has 0 amide bonds. The van der Waals surface area contributed by atoms with Crippen molar-refractivity contribution in [2.24, 2.45) is 5.92 Å². The number of methoxy groups -OCH3 is 1. The molecule has 1 aliphatic carbocycles. The minimum absolute atomic E-state index is 0.217. The van der Waals surface area contributed by atoms with Gasteiger partial charge < -0.3 is 9.84 Å². The third-order valence-corrected chi connectivity index (χ3v) is 5.39. The van der Waals surface area contributed by atoms with E-state index < -0.39 is 21.2 Å². The van der Waals surface area contributed by atoms with Gasteiger partial charge in [-0.3, -0.25) is 4.79 Å². The molecule has 0 radical (unpaired) electrons. The van der Waals surface area contributed by atoms with E-state index in [2.05, 4.69) is 4.72 Å². The lowest BCUT2D eigenvalue weighted by Crippen LogP contribution is -2.40. The second-order valence-electron chi connectivity index (χ2n) is 5.23. The first-order valence-electron chi connectivity index (χ1n) is 6.73. The van der Waals surface area contributed by atoms with E-state index >= 15 is 0 Å². The molecule has 1 aromatic carbocycles. The normalized spacial score (nSPS) is 18.0. The molecule has 0 heterocycles. The molecule has 2 unspecified atom stereocenters. The quantitative estimate of drug-likeness (QED) is 0.796. The van der Waals surface area contributed by atoms with Crippen molar-refractivity contribution in [1.82, 2.24) is 4.72 Å². The largest absolute Gasteiger partial charge is 0.497 e. The number of ether oxygens (including phenoxy) is 1. The lowest BCUT2D eigenvalue weighted by molar-refractivity contribution is -0.136. The van der Waals surface area contributed by atoms with E-state index in [1.807, 2.05) is 0 Å². The van der Waals surface area contributed by atoms with Crippen LogP contribution in [0.25, 0.3) is 0 Å². The van der Waals surface area contributed by atoms with Crippen LogP contribution in [0.1, 0.15) is 31.4 Å². The fraction of sp³-hybridized carbons (Fsp3) is 0.500. The van der Waals surface area contributed by atoms with Crippen LogP contribution in [0.5, 0.6) is 5.75 Å². The number of hydrogen-bond donors (Lipinski definition) is 2. The Kier molecular flexibility index (Phi) is 4.53. The summed E-state index contributed by atoms with van der Waals surface area (Å²) >= 11 is 0. The van der Waals surface area contributed by atoms with Crippen molar-refractivity contribution in [3.05, 3.63) is 29.8 Å². The van der Waals surface area contributed by atoms with Crippen LogP contribution >= 0.6 is 0 Å². The van der Waals surface area contributed by atoms with Gasteiger partial charge in [-0.2, -0.15) is 0 Å². The molecule has 2 atom stereocenters. The fourth-order valence-electron chi connectivity index (χ4n) is 2.09. The van der Waals surface area contributed by atoms with Gasteiger partial charge in [-0.15, -0.1) is 0 Å². The van der Waals surface area contributed by atoms with Crippen LogP contribution in [0.4, 0.5) is 0 Å². The third kappa shape index (κ3) is 3.74. The summed E-state index contributed by atoms with van der Waals surface area (Å²) in [6.07, 6.45) is 1.86. The number of carboxylic acid groups (broad SMARTS) is 1. The topological polar surface area (TPSA) is 92.7 Å². The molecular weight excluding hydrogens is 294 g/mol. The number of hydrogen-bond acceptors (Lipinski definition) is 4. The number of sulfonamides is 1. The molecule has 21 heavy (non-hydrogen) atoms. The lowest BCUT2D eigenvalue weighted by Gasteiger charge is -2.20. The molecule has 2 N–H and O–H groups in total. The Hall–Kier alpha value is -1.60. The van der Waals surface area contributed by atoms with E-state index in [1.54, 1.807) is 31.4 Å². The molecule has 1 fully saturated rings. The number of carboxylic acids is 1. The Balaban J connectivity index is 2.21. The molecule has 6 nitrogen and oxygen atoms in total. The highest BCUT2D eigenvalue weighted by Gasteiger charge is 2.38. The number of rotatable bonds is 7. The van der Waals surface area contributed by atoms with E-state index in [1.165, 1.54) is 6.92 Å². The SMILES string of the molecule is COc1ccc(C(NS(=O)(=O)C(C)C(=O)O)C2CC2)cc1. The molecule has 0 aromatic heterocycles. The smallest absolute Gasteiger partial charge is 0.323 e. The van der Waals surface area contributed by atoms with Crippen molar-refractivity contribution in [2.45, 2.75) is 31.1 Å². The second kappa shape index (κ2) is 6.03. The maximum absolute atomic E-state index is 12.1. The maximum atomic E-state index is 12.1. The number of aliphatic carboxylic acids is 1. The summed E-state index contributed by atoms with van der Waals surface area (Å²) in [5.74, 6) is -0.448. The highest BCUT2D eigenvalue weighted by Crippen LogP contribution is 2.41. The van der Waals surface area contributed by atoms with Crippen LogP contribution in [-0.2, 0) is 14.8 Å². The highest BCUT2D eigenvalue weighted by atomic mass is 32.2. The van der Waals surface area contributed by atoms with E-state index in [9.17, 15) is 13.2 Å². The molecule has 1 aromatic rings. The van der Waals surface area contributed by atoms with Gasteiger partial charge in [-0.25, -0.2) is 13.1 Å². The molecule has 1 aliphatic rings. The van der Waals surface area contributed by atoms with Gasteiger partial charge in [0.2, 0.25) is 10.0 Å². The van der Waals surface area contributed by atoms with Crippen LogP contribution in [0.2, 0.25) is 0 Å². The zero-order valence-corrected chi connectivity index (χ0v) is 12.8. The van der Waals surface area contributed by atoms with Crippen molar-refractivity contribution in [3.63, 3.8) is 0 Å². The number of benzene rings is 1. The van der Waals surface area contributed by atoms with Crippen molar-refractivity contribution < 1.29 is 23.1 Å². The van der Waals surface area contributed by atoms with Crippen LogP contribution in [0.3, 0.4) is 0 Å². The van der Waals surface area contributed by atoms with E-state index in [4.69, 9.17) is 9.84 Å². The Bertz CT molecular complexity index is 607. The molecule has 116 valence electrons. The van der Waals surface area contributed by atoms with Crippen molar-refractivity contribution >= 4 is 16.0 Å². The van der Waals surface area contributed by atoms with Gasteiger partial charge in [0.15, 0.2) is 5.25 Å². The van der Waals surface area contributed by atoms with Crippen molar-refractivity contribution in [1.29, 1.82) is 0 Å². The fourth-order valence-corrected chi connectivity index (χ4v) is 3.24. The predicted octanol–water partition coefficient (Wildman–Crippen LogP) is 1.54. The first kappa shape index (κ1) is 15.8. The van der Waals surface area contributed by atoms with Crippen LogP contribution in [-0.4, -0.2) is 31.9 Å². The van der Waals surface area contributed by atoms with Gasteiger partial charge in [0.25, 0.3) is 0 Å². The molecule has 0 aliphatic heterocycles. The van der Waals surface area contributed by atoms with Crippen LogP contribution < -0.4 is 9.46 Å². The summed E-state index contributed by atoms with van der Waals surface area (Å²) in [6, 6.07) is 6.74. The molecule has 0 spiro atoms. The second-order valence-corrected chi connectivity index (χ2v) is 7.26. The first-order valence-corrected chi connectivity index (χ1v) is 8.27. The minimum Gasteiger partial charge on any atom is -0.497 e. The van der Waals surface area contributed by atoms with Gasteiger partial charge in [-0.05, 0) is 43.4 Å². The van der Waals surface area contributed by atoms with E-state index in [0.717, 1.165) is 18.4 Å². The number of carbonyl (C=O) groups is 1. The van der Waals surface area contributed by atoms with Crippen molar-refractivity contribution in [2.75, 3.05) is 7.11 Å². The summed E-state index contributed by atoms with van der Waals surface area (Å²) in [5, 5.41) is 7.41. The van der Waals surface area contributed by atoms with Gasteiger partial charge in [0, 0.05) is 6.04 Å². The van der Waals surface area contributed by atoms with Crippen LogP contribution in [0, 0.1) is 5.92 Å². The Morgan fingerprint density at radius 2 is 1.90 bits per heavy atom. The van der Waals surface area contributed by atoms with Gasteiger partial charge in [0.1, 0.15) is 5.75 Å². The zero-order chi connectivity index (χ0) is 15.6. The lowest BCUT2D eigenvalue weighted by atomic mass is 10.0. The van der Waals surface area contributed by atoms with Crippen LogP contribution in [0.15, 0.2) is 24.3 Å². The molecule has 1 saturated carbocycles. The van der Waals surface area contributed by atoms with E-state index in [-0.39, 0.29) is 12.0 Å². The first-order chi connectivity index (χ1) is 9.85. The summed E-state index contributed by atoms with van der Waals surface area (Å²) < 4.78 is 31.8. The third-order valence-electron chi connectivity index (χ3n) is 3.67. The van der Waals surface area contributed by atoms with Gasteiger partial charge >= 0.3 is 5.97 Å². The Labute approximate surface area is 124 Å². The maximum Gasteiger partial charge on any atom is 0.323 e. The monoisotopic (exact) mass is 313 g/mol. The van der Waals surface area contributed by atoms with Crippen molar-refractivity contribution in [3.8, 4) is 5.75 Å². The molecule has 2 rings (SSSR count). The zero-order valence-electron chi connectivity index (χ0n) is 11.9. The summed E-state index contributed by atoms with van der Waals surface area (Å²) in [4.78, 5) is 10.9. The highest BCUT2D eigenvalue weighted by molar-refractivity contribution is 7.90. The van der Waals surface area contributed by atoms with Gasteiger partial charge in [-0.1, -0.05) is 12.1 Å². The standard InChI is InChI=1S/C14H19NO5S/c1-9(14(16)17)21(18,19)15-13(10-3-4-10)11-5-7-12(20-2)8-6-11/h5-10,13,15H,3-4H2,1-2H3,(H,16,17). The molecule has 0 saturated heterocycles. The minimum atomic E-state index is -3.91. The summed E-state index contributed by atoms with van der Waals surface area (Å²) in [6.45, 7) is 1.17. The predicted molar refractivity (Wildman–Crippen MR) is 77.6 cm³/mol. The average molecular weight is 313 g/mol. The summed E-state index contributed by atoms with van der Waals surface area (Å²) in [5.41, 5.74) is 0.819. The number of nitrogens with one attached hydrogen (secondary N) is 1. The molecule has 7 heteroatoms. The summed E-state index contributed by atoms with van der Waals surface area (Å²) in [7, 11) is -2.35. The molecule has 0 bridgehead atoms. The molecular formula is C14H19NO5S.